The second kappa shape index (κ2) is 8.56. The molecule has 6 heteroatoms. The van der Waals surface area contributed by atoms with Crippen molar-refractivity contribution in [1.29, 1.82) is 0 Å². The van der Waals surface area contributed by atoms with E-state index < -0.39 is 0 Å². The van der Waals surface area contributed by atoms with Crippen LogP contribution in [0.3, 0.4) is 0 Å². The van der Waals surface area contributed by atoms with Crippen LogP contribution in [0.25, 0.3) is 0 Å². The SMILES string of the molecule is Cc1nn(CCO)cc1CN1CCCN(Cc2cccc(F)c2)CC1. The van der Waals surface area contributed by atoms with E-state index in [2.05, 4.69) is 14.9 Å². The Labute approximate surface area is 148 Å². The van der Waals surface area contributed by atoms with Gasteiger partial charge in [-0.25, -0.2) is 4.39 Å². The van der Waals surface area contributed by atoms with Crippen molar-refractivity contribution in [2.24, 2.45) is 0 Å². The first kappa shape index (κ1) is 18.0. The van der Waals surface area contributed by atoms with E-state index >= 15 is 0 Å². The Kier molecular flexibility index (Phi) is 6.18. The van der Waals surface area contributed by atoms with Crippen molar-refractivity contribution < 1.29 is 9.50 Å². The van der Waals surface area contributed by atoms with Crippen molar-refractivity contribution in [1.82, 2.24) is 19.6 Å². The lowest BCUT2D eigenvalue weighted by atomic mass is 10.2. The van der Waals surface area contributed by atoms with Crippen LogP contribution in [0.4, 0.5) is 4.39 Å². The standard InChI is InChI=1S/C19H27FN4O/c1-16-18(15-24(21-16)10-11-25)14-23-7-3-6-22(8-9-23)13-17-4-2-5-19(20)12-17/h2,4-5,12,15,25H,3,6-11,13-14H2,1H3. The molecule has 1 saturated heterocycles. The minimum atomic E-state index is -0.163. The van der Waals surface area contributed by atoms with Gasteiger partial charge in [-0.05, 0) is 44.1 Å². The predicted molar refractivity (Wildman–Crippen MR) is 95.6 cm³/mol. The van der Waals surface area contributed by atoms with E-state index in [9.17, 15) is 4.39 Å². The smallest absolute Gasteiger partial charge is 0.123 e. The van der Waals surface area contributed by atoms with E-state index in [4.69, 9.17) is 5.11 Å². The zero-order valence-corrected chi connectivity index (χ0v) is 14.9. The largest absolute Gasteiger partial charge is 0.394 e. The summed E-state index contributed by atoms with van der Waals surface area (Å²) in [4.78, 5) is 4.86. The van der Waals surface area contributed by atoms with Crippen molar-refractivity contribution in [2.75, 3.05) is 32.8 Å². The fraction of sp³-hybridized carbons (Fsp3) is 0.526. The highest BCUT2D eigenvalue weighted by molar-refractivity contribution is 5.17. The van der Waals surface area contributed by atoms with Gasteiger partial charge in [0, 0.05) is 37.9 Å². The van der Waals surface area contributed by atoms with E-state index in [0.717, 1.165) is 56.9 Å². The second-order valence-electron chi connectivity index (χ2n) is 6.76. The van der Waals surface area contributed by atoms with Crippen molar-refractivity contribution in [3.8, 4) is 0 Å². The molecule has 1 fully saturated rings. The fourth-order valence-corrected chi connectivity index (χ4v) is 3.41. The highest BCUT2D eigenvalue weighted by Crippen LogP contribution is 2.14. The number of aliphatic hydroxyl groups excluding tert-OH is 1. The molecule has 1 aromatic heterocycles. The molecule has 0 bridgehead atoms. The molecule has 0 saturated carbocycles. The van der Waals surface area contributed by atoms with Crippen molar-refractivity contribution in [3.63, 3.8) is 0 Å². The van der Waals surface area contributed by atoms with Crippen LogP contribution >= 0.6 is 0 Å². The van der Waals surface area contributed by atoms with Crippen LogP contribution in [0.2, 0.25) is 0 Å². The summed E-state index contributed by atoms with van der Waals surface area (Å²) in [5.41, 5.74) is 3.30. The third-order valence-electron chi connectivity index (χ3n) is 4.75. The van der Waals surface area contributed by atoms with Gasteiger partial charge in [-0.3, -0.25) is 14.5 Å². The summed E-state index contributed by atoms with van der Waals surface area (Å²) in [6.45, 7) is 8.46. The van der Waals surface area contributed by atoms with Gasteiger partial charge >= 0.3 is 0 Å². The highest BCUT2D eigenvalue weighted by Gasteiger charge is 2.17. The molecule has 136 valence electrons. The Morgan fingerprint density at radius 2 is 1.88 bits per heavy atom. The van der Waals surface area contributed by atoms with Crippen LogP contribution < -0.4 is 0 Å². The van der Waals surface area contributed by atoms with Crippen LogP contribution in [-0.4, -0.2) is 57.5 Å². The molecule has 0 spiro atoms. The van der Waals surface area contributed by atoms with Gasteiger partial charge < -0.3 is 5.11 Å². The van der Waals surface area contributed by atoms with E-state index in [0.29, 0.717) is 6.54 Å². The minimum Gasteiger partial charge on any atom is -0.394 e. The number of aliphatic hydroxyl groups is 1. The lowest BCUT2D eigenvalue weighted by molar-refractivity contribution is 0.246. The number of aryl methyl sites for hydroxylation is 1. The number of halogens is 1. The average Bonchev–Trinajstić information content (AvgIpc) is 2.77. The maximum Gasteiger partial charge on any atom is 0.123 e. The monoisotopic (exact) mass is 346 g/mol. The molecule has 1 aromatic carbocycles. The Morgan fingerprint density at radius 1 is 1.12 bits per heavy atom. The predicted octanol–water partition coefficient (Wildman–Crippen LogP) is 2.03. The first-order valence-electron chi connectivity index (χ1n) is 8.97. The summed E-state index contributed by atoms with van der Waals surface area (Å²) < 4.78 is 15.2. The molecule has 0 atom stereocenters. The number of benzene rings is 1. The lowest BCUT2D eigenvalue weighted by Crippen LogP contribution is -2.30. The van der Waals surface area contributed by atoms with Gasteiger partial charge in [0.25, 0.3) is 0 Å². The first-order chi connectivity index (χ1) is 12.1. The molecule has 1 N–H and O–H groups in total. The quantitative estimate of drug-likeness (QED) is 0.869. The molecule has 5 nitrogen and oxygen atoms in total. The number of aromatic nitrogens is 2. The second-order valence-corrected chi connectivity index (χ2v) is 6.76. The maximum absolute atomic E-state index is 13.4. The Balaban J connectivity index is 1.54. The van der Waals surface area contributed by atoms with E-state index in [1.165, 1.54) is 11.6 Å². The Hall–Kier alpha value is -1.76. The van der Waals surface area contributed by atoms with Crippen LogP contribution in [0.15, 0.2) is 30.5 Å². The van der Waals surface area contributed by atoms with E-state index in [1.807, 2.05) is 23.9 Å². The number of hydrogen-bond acceptors (Lipinski definition) is 4. The number of nitrogens with zero attached hydrogens (tertiary/aromatic N) is 4. The van der Waals surface area contributed by atoms with Gasteiger partial charge in [0.1, 0.15) is 5.82 Å². The van der Waals surface area contributed by atoms with Crippen LogP contribution in [0, 0.1) is 12.7 Å². The zero-order valence-electron chi connectivity index (χ0n) is 14.9. The summed E-state index contributed by atoms with van der Waals surface area (Å²) >= 11 is 0. The molecule has 25 heavy (non-hydrogen) atoms. The molecule has 2 aromatic rings. The molecule has 0 unspecified atom stereocenters. The van der Waals surface area contributed by atoms with Crippen molar-refractivity contribution in [3.05, 3.63) is 53.1 Å². The zero-order chi connectivity index (χ0) is 17.6. The summed E-state index contributed by atoms with van der Waals surface area (Å²) in [5, 5.41) is 13.5. The molecule has 0 amide bonds. The highest BCUT2D eigenvalue weighted by atomic mass is 19.1. The summed E-state index contributed by atoms with van der Waals surface area (Å²) in [6.07, 6.45) is 3.15. The van der Waals surface area contributed by atoms with Crippen LogP contribution in [0.5, 0.6) is 0 Å². The van der Waals surface area contributed by atoms with E-state index in [1.54, 1.807) is 12.1 Å². The van der Waals surface area contributed by atoms with Crippen molar-refractivity contribution in [2.45, 2.75) is 33.0 Å². The minimum absolute atomic E-state index is 0.110. The third-order valence-corrected chi connectivity index (χ3v) is 4.75. The first-order valence-corrected chi connectivity index (χ1v) is 8.97. The molecular weight excluding hydrogens is 319 g/mol. The number of rotatable bonds is 6. The topological polar surface area (TPSA) is 44.5 Å². The summed E-state index contributed by atoms with van der Waals surface area (Å²) in [7, 11) is 0. The van der Waals surface area contributed by atoms with Crippen LogP contribution in [-0.2, 0) is 19.6 Å². The van der Waals surface area contributed by atoms with Crippen LogP contribution in [0.1, 0.15) is 23.2 Å². The molecule has 0 aliphatic carbocycles. The van der Waals surface area contributed by atoms with Gasteiger partial charge in [0.2, 0.25) is 0 Å². The number of hydrogen-bond donors (Lipinski definition) is 1. The van der Waals surface area contributed by atoms with Gasteiger partial charge in [0.15, 0.2) is 0 Å². The lowest BCUT2D eigenvalue weighted by Gasteiger charge is -2.21. The summed E-state index contributed by atoms with van der Waals surface area (Å²) in [6, 6.07) is 6.89. The molecule has 3 rings (SSSR count). The fourth-order valence-electron chi connectivity index (χ4n) is 3.41. The van der Waals surface area contributed by atoms with Gasteiger partial charge in [-0.1, -0.05) is 12.1 Å². The molecule has 2 heterocycles. The average molecular weight is 346 g/mol. The molecular formula is C19H27FN4O. The summed E-state index contributed by atoms with van der Waals surface area (Å²) in [5.74, 6) is -0.163. The third kappa shape index (κ3) is 5.11. The molecule has 1 aliphatic rings. The van der Waals surface area contributed by atoms with Gasteiger partial charge in [0.05, 0.1) is 18.8 Å². The molecule has 0 radical (unpaired) electrons. The Morgan fingerprint density at radius 3 is 2.60 bits per heavy atom. The maximum atomic E-state index is 13.4. The normalized spacial score (nSPS) is 16.9. The molecule has 1 aliphatic heterocycles. The van der Waals surface area contributed by atoms with Gasteiger partial charge in [-0.15, -0.1) is 0 Å². The van der Waals surface area contributed by atoms with Crippen molar-refractivity contribution >= 4 is 0 Å². The van der Waals surface area contributed by atoms with Gasteiger partial charge in [-0.2, -0.15) is 5.10 Å². The van der Waals surface area contributed by atoms with E-state index in [-0.39, 0.29) is 12.4 Å². The Bertz CT molecular complexity index is 688.